The fourth-order valence-electron chi connectivity index (χ4n) is 2.93. The van der Waals surface area contributed by atoms with Crippen molar-refractivity contribution in [1.29, 1.82) is 0 Å². The van der Waals surface area contributed by atoms with Crippen LogP contribution in [0.5, 0.6) is 0 Å². The van der Waals surface area contributed by atoms with Crippen LogP contribution in [-0.2, 0) is 0 Å². The maximum Gasteiger partial charge on any atom is 0.268 e. The molecule has 1 atom stereocenters. The molecule has 0 saturated carbocycles. The highest BCUT2D eigenvalue weighted by Crippen LogP contribution is 2.16. The lowest BCUT2D eigenvalue weighted by Gasteiger charge is -2.32. The number of rotatable bonds is 5. The van der Waals surface area contributed by atoms with E-state index in [0.717, 1.165) is 13.1 Å². The van der Waals surface area contributed by atoms with Crippen LogP contribution in [0.2, 0.25) is 0 Å². The summed E-state index contributed by atoms with van der Waals surface area (Å²) in [4.78, 5) is 14.8. The van der Waals surface area contributed by atoms with Crippen LogP contribution in [0.4, 0.5) is 5.69 Å². The smallest absolute Gasteiger partial charge is 0.268 e. The van der Waals surface area contributed by atoms with Crippen LogP contribution in [0.3, 0.4) is 0 Å². The second kappa shape index (κ2) is 6.98. The minimum atomic E-state index is -0.0377. The Kier molecular flexibility index (Phi) is 5.28. The topological polar surface area (TPSA) is 63.3 Å². The molecule has 3 N–H and O–H groups in total. The average molecular weight is 292 g/mol. The zero-order chi connectivity index (χ0) is 15.4. The Hall–Kier alpha value is -1.49. The molecule has 1 saturated heterocycles. The van der Waals surface area contributed by atoms with Crippen LogP contribution in [-0.4, -0.2) is 41.1 Å². The fourth-order valence-corrected chi connectivity index (χ4v) is 2.93. The van der Waals surface area contributed by atoms with Crippen molar-refractivity contribution in [3.05, 3.63) is 18.0 Å². The summed E-state index contributed by atoms with van der Waals surface area (Å²) in [5.41, 5.74) is 7.10. The Balaban J connectivity index is 1.92. The second-order valence-electron chi connectivity index (χ2n) is 6.32. The van der Waals surface area contributed by atoms with Crippen molar-refractivity contribution in [2.75, 3.05) is 25.4 Å². The van der Waals surface area contributed by atoms with Crippen molar-refractivity contribution < 1.29 is 4.79 Å². The third-order valence-corrected chi connectivity index (χ3v) is 4.23. The van der Waals surface area contributed by atoms with E-state index in [1.54, 1.807) is 6.07 Å². The molecular formula is C16H28N4O. The summed E-state index contributed by atoms with van der Waals surface area (Å²) >= 11 is 0. The number of anilines is 1. The molecule has 21 heavy (non-hydrogen) atoms. The number of carbonyl (C=O) groups is 1. The van der Waals surface area contributed by atoms with Gasteiger partial charge >= 0.3 is 0 Å². The number of nitrogen functional groups attached to an aromatic ring is 1. The van der Waals surface area contributed by atoms with Gasteiger partial charge in [0, 0.05) is 24.8 Å². The lowest BCUT2D eigenvalue weighted by molar-refractivity contribution is 0.0919. The first kappa shape index (κ1) is 15.9. The number of aromatic nitrogens is 1. The van der Waals surface area contributed by atoms with Crippen molar-refractivity contribution in [3.8, 4) is 0 Å². The highest BCUT2D eigenvalue weighted by molar-refractivity contribution is 5.93. The molecule has 0 spiro atoms. The Morgan fingerprint density at radius 3 is 2.57 bits per heavy atom. The van der Waals surface area contributed by atoms with E-state index in [1.807, 2.05) is 24.6 Å². The third kappa shape index (κ3) is 4.00. The predicted octanol–water partition coefficient (Wildman–Crippen LogP) is 2.26. The molecule has 1 unspecified atom stereocenters. The summed E-state index contributed by atoms with van der Waals surface area (Å²) in [5, 5.41) is 3.05. The summed E-state index contributed by atoms with van der Waals surface area (Å²) in [7, 11) is 0. The Morgan fingerprint density at radius 2 is 1.95 bits per heavy atom. The van der Waals surface area contributed by atoms with Crippen molar-refractivity contribution in [1.82, 2.24) is 14.8 Å². The van der Waals surface area contributed by atoms with Crippen LogP contribution in [0.15, 0.2) is 12.3 Å². The molecule has 1 amide bonds. The van der Waals surface area contributed by atoms with Gasteiger partial charge in [0.2, 0.25) is 0 Å². The Labute approximate surface area is 127 Å². The second-order valence-corrected chi connectivity index (χ2v) is 6.32. The zero-order valence-electron chi connectivity index (χ0n) is 13.4. The van der Waals surface area contributed by atoms with Gasteiger partial charge in [-0.2, -0.15) is 0 Å². The highest BCUT2D eigenvalue weighted by Gasteiger charge is 2.19. The van der Waals surface area contributed by atoms with Gasteiger partial charge in [-0.25, -0.2) is 0 Å². The van der Waals surface area contributed by atoms with Crippen LogP contribution in [0.25, 0.3) is 0 Å². The molecule has 1 fully saturated rings. The summed E-state index contributed by atoms with van der Waals surface area (Å²) in [5.74, 6) is -0.0377. The normalized spacial score (nSPS) is 17.9. The lowest BCUT2D eigenvalue weighted by Crippen LogP contribution is -2.44. The van der Waals surface area contributed by atoms with Crippen molar-refractivity contribution in [3.63, 3.8) is 0 Å². The minimum Gasteiger partial charge on any atom is -0.397 e. The van der Waals surface area contributed by atoms with E-state index in [1.165, 1.54) is 19.3 Å². The van der Waals surface area contributed by atoms with Crippen LogP contribution < -0.4 is 11.1 Å². The van der Waals surface area contributed by atoms with Gasteiger partial charge in [-0.05, 0) is 52.8 Å². The maximum atomic E-state index is 12.4. The molecule has 1 aliphatic rings. The molecule has 1 aromatic rings. The highest BCUT2D eigenvalue weighted by atomic mass is 16.1. The summed E-state index contributed by atoms with van der Waals surface area (Å²) in [6, 6.07) is 2.36. The lowest BCUT2D eigenvalue weighted by atomic mass is 10.1. The van der Waals surface area contributed by atoms with Gasteiger partial charge < -0.3 is 15.6 Å². The van der Waals surface area contributed by atoms with Crippen LogP contribution in [0, 0.1) is 0 Å². The minimum absolute atomic E-state index is 0.0377. The monoisotopic (exact) mass is 292 g/mol. The van der Waals surface area contributed by atoms with E-state index < -0.39 is 0 Å². The van der Waals surface area contributed by atoms with Gasteiger partial charge in [0.1, 0.15) is 5.69 Å². The molecule has 5 heteroatoms. The van der Waals surface area contributed by atoms with Crippen LogP contribution in [0.1, 0.15) is 56.6 Å². The number of piperidine rings is 1. The van der Waals surface area contributed by atoms with E-state index in [-0.39, 0.29) is 11.9 Å². The zero-order valence-corrected chi connectivity index (χ0v) is 13.4. The Morgan fingerprint density at radius 1 is 1.29 bits per heavy atom. The average Bonchev–Trinajstić information content (AvgIpc) is 2.87. The van der Waals surface area contributed by atoms with Crippen molar-refractivity contribution in [2.45, 2.75) is 52.1 Å². The largest absolute Gasteiger partial charge is 0.397 e. The SMILES string of the molecule is CC(CNC(=O)c1cc(N)cn1C(C)C)N1CCCCC1. The maximum absolute atomic E-state index is 12.4. The molecule has 1 aromatic heterocycles. The predicted molar refractivity (Wildman–Crippen MR) is 86.4 cm³/mol. The van der Waals surface area contributed by atoms with E-state index >= 15 is 0 Å². The van der Waals surface area contributed by atoms with Gasteiger partial charge in [-0.1, -0.05) is 6.42 Å². The molecule has 2 rings (SSSR count). The van der Waals surface area contributed by atoms with Gasteiger partial charge in [-0.3, -0.25) is 9.69 Å². The number of nitrogens with zero attached hydrogens (tertiary/aromatic N) is 2. The van der Waals surface area contributed by atoms with Gasteiger partial charge in [0.15, 0.2) is 0 Å². The first-order valence-corrected chi connectivity index (χ1v) is 7.98. The van der Waals surface area contributed by atoms with Gasteiger partial charge in [0.25, 0.3) is 5.91 Å². The molecular weight excluding hydrogens is 264 g/mol. The molecule has 0 aromatic carbocycles. The van der Waals surface area contributed by atoms with Crippen molar-refractivity contribution in [2.24, 2.45) is 0 Å². The molecule has 118 valence electrons. The number of amides is 1. The summed E-state index contributed by atoms with van der Waals surface area (Å²) < 4.78 is 1.93. The summed E-state index contributed by atoms with van der Waals surface area (Å²) in [6.45, 7) is 9.25. The van der Waals surface area contributed by atoms with Crippen LogP contribution >= 0.6 is 0 Å². The molecule has 0 radical (unpaired) electrons. The van der Waals surface area contributed by atoms with E-state index in [0.29, 0.717) is 24.0 Å². The Bertz CT molecular complexity index is 475. The molecule has 0 bridgehead atoms. The first-order chi connectivity index (χ1) is 9.99. The van der Waals surface area contributed by atoms with E-state index in [4.69, 9.17) is 5.73 Å². The van der Waals surface area contributed by atoms with Gasteiger partial charge in [0.05, 0.1) is 5.69 Å². The number of hydrogen-bond acceptors (Lipinski definition) is 3. The van der Waals surface area contributed by atoms with E-state index in [9.17, 15) is 4.79 Å². The molecule has 2 heterocycles. The number of likely N-dealkylation sites (tertiary alicyclic amines) is 1. The molecule has 5 nitrogen and oxygen atoms in total. The third-order valence-electron chi connectivity index (χ3n) is 4.23. The standard InChI is InChI=1S/C16H28N4O/c1-12(2)20-11-14(17)9-15(20)16(21)18-10-13(3)19-7-5-4-6-8-19/h9,11-13H,4-8,10,17H2,1-3H3,(H,18,21). The first-order valence-electron chi connectivity index (χ1n) is 7.98. The fraction of sp³-hybridized carbons (Fsp3) is 0.688. The van der Waals surface area contributed by atoms with E-state index in [2.05, 4.69) is 17.1 Å². The number of carbonyl (C=O) groups excluding carboxylic acids is 1. The molecule has 1 aliphatic heterocycles. The summed E-state index contributed by atoms with van der Waals surface area (Å²) in [6.07, 6.45) is 5.69. The number of nitrogens with two attached hydrogens (primary N) is 1. The number of nitrogens with one attached hydrogen (secondary N) is 1. The van der Waals surface area contributed by atoms with Crippen molar-refractivity contribution >= 4 is 11.6 Å². The van der Waals surface area contributed by atoms with Gasteiger partial charge in [-0.15, -0.1) is 0 Å². The quantitative estimate of drug-likeness (QED) is 0.875. The molecule has 0 aliphatic carbocycles. The number of hydrogen-bond donors (Lipinski definition) is 2.